The van der Waals surface area contributed by atoms with Crippen molar-refractivity contribution < 1.29 is 19.1 Å². The number of aryl methyl sites for hydroxylation is 1. The van der Waals surface area contributed by atoms with Crippen LogP contribution in [0.5, 0.6) is 0 Å². The number of halogens is 1. The zero-order valence-corrected chi connectivity index (χ0v) is 16.5. The van der Waals surface area contributed by atoms with Crippen LogP contribution in [-0.4, -0.2) is 24.4 Å². The molecule has 0 aromatic heterocycles. The van der Waals surface area contributed by atoms with E-state index in [2.05, 4.69) is 26.6 Å². The third-order valence-corrected chi connectivity index (χ3v) is 3.93. The summed E-state index contributed by atoms with van der Waals surface area (Å²) in [5.41, 5.74) is 2.17. The Labute approximate surface area is 165 Å². The van der Waals surface area contributed by atoms with Gasteiger partial charge in [0.25, 0.3) is 5.91 Å². The molecule has 0 spiro atoms. The van der Waals surface area contributed by atoms with E-state index in [0.717, 1.165) is 10.0 Å². The van der Waals surface area contributed by atoms with Crippen molar-refractivity contribution in [2.45, 2.75) is 13.8 Å². The summed E-state index contributed by atoms with van der Waals surface area (Å²) in [5.74, 6) is -1.68. The van der Waals surface area contributed by atoms with Crippen LogP contribution in [0.15, 0.2) is 58.7 Å². The summed E-state index contributed by atoms with van der Waals surface area (Å²) in [6.07, 6.45) is 1.49. The van der Waals surface area contributed by atoms with E-state index in [1.807, 2.05) is 19.1 Å². The number of hydrogen-bond acceptors (Lipinski definition) is 4. The first-order valence-corrected chi connectivity index (χ1v) is 8.92. The van der Waals surface area contributed by atoms with Crippen LogP contribution in [0.2, 0.25) is 0 Å². The zero-order valence-electron chi connectivity index (χ0n) is 14.9. The van der Waals surface area contributed by atoms with Gasteiger partial charge in [0.1, 0.15) is 5.70 Å². The normalized spacial score (nSPS) is 10.9. The molecule has 7 heteroatoms. The zero-order chi connectivity index (χ0) is 19.8. The number of nitrogens with one attached hydrogen (secondary N) is 2. The minimum Gasteiger partial charge on any atom is -0.451 e. The Morgan fingerprint density at radius 2 is 1.81 bits per heavy atom. The summed E-state index contributed by atoms with van der Waals surface area (Å²) >= 11 is 3.35. The predicted octanol–water partition coefficient (Wildman–Crippen LogP) is 3.42. The third kappa shape index (κ3) is 6.71. The molecule has 0 aliphatic rings. The fraction of sp³-hybridized carbons (Fsp3) is 0.150. The first-order chi connectivity index (χ1) is 12.8. The number of amides is 2. The molecule has 2 aromatic rings. The number of benzene rings is 2. The fourth-order valence-corrected chi connectivity index (χ4v) is 2.69. The van der Waals surface area contributed by atoms with Crippen LogP contribution in [0, 0.1) is 6.92 Å². The van der Waals surface area contributed by atoms with Crippen LogP contribution in [0.25, 0.3) is 6.08 Å². The summed E-state index contributed by atoms with van der Waals surface area (Å²) in [6.45, 7) is 2.67. The van der Waals surface area contributed by atoms with Gasteiger partial charge in [0.15, 0.2) is 6.61 Å². The molecule has 0 aliphatic carbocycles. The highest BCUT2D eigenvalue weighted by Crippen LogP contribution is 2.19. The van der Waals surface area contributed by atoms with Crippen molar-refractivity contribution in [3.63, 3.8) is 0 Å². The highest BCUT2D eigenvalue weighted by Gasteiger charge is 2.15. The summed E-state index contributed by atoms with van der Waals surface area (Å²) in [5, 5.41) is 5.11. The van der Waals surface area contributed by atoms with Crippen LogP contribution < -0.4 is 10.6 Å². The molecule has 0 radical (unpaired) electrons. The summed E-state index contributed by atoms with van der Waals surface area (Å²) in [7, 11) is 0. The maximum Gasteiger partial charge on any atom is 0.355 e. The van der Waals surface area contributed by atoms with Crippen LogP contribution in [-0.2, 0) is 19.1 Å². The Hall–Kier alpha value is -2.93. The van der Waals surface area contributed by atoms with E-state index in [9.17, 15) is 14.4 Å². The minimum absolute atomic E-state index is 0.0404. The van der Waals surface area contributed by atoms with Gasteiger partial charge in [-0.1, -0.05) is 46.3 Å². The molecule has 0 saturated heterocycles. The summed E-state index contributed by atoms with van der Waals surface area (Å²) in [6, 6.07) is 14.4. The molecule has 140 valence electrons. The number of carbonyl (C=O) groups is 3. The van der Waals surface area contributed by atoms with Crippen molar-refractivity contribution in [2.24, 2.45) is 0 Å². The predicted molar refractivity (Wildman–Crippen MR) is 107 cm³/mol. The van der Waals surface area contributed by atoms with Gasteiger partial charge in [0.05, 0.1) is 0 Å². The number of carbonyl (C=O) groups excluding carboxylic acids is 3. The first kappa shape index (κ1) is 20.4. The average Bonchev–Trinajstić information content (AvgIpc) is 2.62. The topological polar surface area (TPSA) is 84.5 Å². The van der Waals surface area contributed by atoms with Gasteiger partial charge >= 0.3 is 5.97 Å². The van der Waals surface area contributed by atoms with E-state index in [0.29, 0.717) is 11.3 Å². The summed E-state index contributed by atoms with van der Waals surface area (Å²) in [4.78, 5) is 35.7. The van der Waals surface area contributed by atoms with Crippen LogP contribution in [0.1, 0.15) is 18.1 Å². The second-order valence-electron chi connectivity index (χ2n) is 5.73. The monoisotopic (exact) mass is 430 g/mol. The Balaban J connectivity index is 2.01. The Morgan fingerprint density at radius 3 is 2.44 bits per heavy atom. The molecule has 2 N–H and O–H groups in total. The molecule has 0 heterocycles. The van der Waals surface area contributed by atoms with Gasteiger partial charge in [-0.05, 0) is 42.3 Å². The lowest BCUT2D eigenvalue weighted by Gasteiger charge is -2.11. The molecule has 0 bridgehead atoms. The molecule has 27 heavy (non-hydrogen) atoms. The van der Waals surface area contributed by atoms with Crippen molar-refractivity contribution in [2.75, 3.05) is 11.9 Å². The average molecular weight is 431 g/mol. The van der Waals surface area contributed by atoms with Crippen LogP contribution >= 0.6 is 15.9 Å². The van der Waals surface area contributed by atoms with E-state index in [-0.39, 0.29) is 5.70 Å². The van der Waals surface area contributed by atoms with Gasteiger partial charge in [-0.25, -0.2) is 4.79 Å². The van der Waals surface area contributed by atoms with Crippen molar-refractivity contribution in [3.05, 3.63) is 69.8 Å². The number of hydrogen-bond donors (Lipinski definition) is 2. The molecule has 2 amide bonds. The fourth-order valence-electron chi connectivity index (χ4n) is 2.21. The standard InChI is InChI=1S/C20H19BrN2O4/c1-13-10-16(21)8-9-17(13)23-19(25)12-27-20(26)18(22-14(2)24)11-15-6-4-3-5-7-15/h3-11H,12H2,1-2H3,(H,22,24)(H,23,25)/b18-11+. The maximum atomic E-state index is 12.3. The smallest absolute Gasteiger partial charge is 0.355 e. The number of rotatable bonds is 6. The Morgan fingerprint density at radius 1 is 1.11 bits per heavy atom. The van der Waals surface area contributed by atoms with Crippen molar-refractivity contribution in [3.8, 4) is 0 Å². The van der Waals surface area contributed by atoms with E-state index >= 15 is 0 Å². The van der Waals surface area contributed by atoms with Gasteiger partial charge < -0.3 is 15.4 Å². The SMILES string of the molecule is CC(=O)N/C(=C/c1ccccc1)C(=O)OCC(=O)Nc1ccc(Br)cc1C. The van der Waals surface area contributed by atoms with Crippen LogP contribution in [0.4, 0.5) is 5.69 Å². The van der Waals surface area contributed by atoms with Crippen molar-refractivity contribution in [1.29, 1.82) is 0 Å². The Kier molecular flexibility index (Phi) is 7.31. The minimum atomic E-state index is -0.795. The summed E-state index contributed by atoms with van der Waals surface area (Å²) < 4.78 is 5.93. The number of anilines is 1. The van der Waals surface area contributed by atoms with Crippen LogP contribution in [0.3, 0.4) is 0 Å². The van der Waals surface area contributed by atoms with E-state index in [1.165, 1.54) is 13.0 Å². The number of esters is 1. The Bertz CT molecular complexity index is 879. The van der Waals surface area contributed by atoms with Crippen molar-refractivity contribution in [1.82, 2.24) is 5.32 Å². The molecule has 0 saturated carbocycles. The number of ether oxygens (including phenoxy) is 1. The molecule has 6 nitrogen and oxygen atoms in total. The van der Waals surface area contributed by atoms with E-state index in [4.69, 9.17) is 4.74 Å². The quantitative estimate of drug-likeness (QED) is 0.543. The molecule has 0 atom stereocenters. The van der Waals surface area contributed by atoms with E-state index < -0.39 is 24.4 Å². The van der Waals surface area contributed by atoms with Gasteiger partial charge in [0.2, 0.25) is 5.91 Å². The van der Waals surface area contributed by atoms with Gasteiger partial charge in [-0.15, -0.1) is 0 Å². The maximum absolute atomic E-state index is 12.3. The lowest BCUT2D eigenvalue weighted by Crippen LogP contribution is -2.29. The molecule has 0 fully saturated rings. The lowest BCUT2D eigenvalue weighted by atomic mass is 10.2. The molecule has 0 aliphatic heterocycles. The van der Waals surface area contributed by atoms with E-state index in [1.54, 1.807) is 36.4 Å². The van der Waals surface area contributed by atoms with Gasteiger partial charge in [0, 0.05) is 17.1 Å². The highest BCUT2D eigenvalue weighted by atomic mass is 79.9. The molecule has 2 aromatic carbocycles. The molecule has 0 unspecified atom stereocenters. The third-order valence-electron chi connectivity index (χ3n) is 3.44. The molecular formula is C20H19BrN2O4. The lowest BCUT2D eigenvalue weighted by molar-refractivity contribution is -0.144. The highest BCUT2D eigenvalue weighted by molar-refractivity contribution is 9.10. The van der Waals surface area contributed by atoms with Crippen molar-refractivity contribution >= 4 is 45.5 Å². The largest absolute Gasteiger partial charge is 0.451 e. The molecular weight excluding hydrogens is 412 g/mol. The second-order valence-corrected chi connectivity index (χ2v) is 6.65. The second kappa shape index (κ2) is 9.68. The van der Waals surface area contributed by atoms with Gasteiger partial charge in [-0.3, -0.25) is 9.59 Å². The first-order valence-electron chi connectivity index (χ1n) is 8.12. The molecule has 2 rings (SSSR count). The van der Waals surface area contributed by atoms with Gasteiger partial charge in [-0.2, -0.15) is 0 Å².